The van der Waals surface area contributed by atoms with E-state index in [9.17, 15) is 0 Å². The summed E-state index contributed by atoms with van der Waals surface area (Å²) in [6.45, 7) is 2.80. The lowest BCUT2D eigenvalue weighted by atomic mass is 10.1. The Hall–Kier alpha value is -1.68. The Labute approximate surface area is 95.1 Å². The predicted octanol–water partition coefficient (Wildman–Crippen LogP) is 1.72. The molecule has 0 radical (unpaired) electrons. The van der Waals surface area contributed by atoms with Gasteiger partial charge in [-0.3, -0.25) is 0 Å². The van der Waals surface area contributed by atoms with Crippen LogP contribution in [0.2, 0.25) is 0 Å². The number of benzene rings is 1. The topological polar surface area (TPSA) is 56.7 Å². The lowest BCUT2D eigenvalue weighted by molar-refractivity contribution is 0.666. The van der Waals surface area contributed by atoms with Crippen molar-refractivity contribution in [3.8, 4) is 5.69 Å². The van der Waals surface area contributed by atoms with E-state index in [1.165, 1.54) is 0 Å². The van der Waals surface area contributed by atoms with Crippen molar-refractivity contribution in [2.75, 3.05) is 6.54 Å². The van der Waals surface area contributed by atoms with Gasteiger partial charge in [0.25, 0.3) is 0 Å². The van der Waals surface area contributed by atoms with Crippen molar-refractivity contribution >= 4 is 0 Å². The lowest BCUT2D eigenvalue weighted by Gasteiger charge is -2.03. The summed E-state index contributed by atoms with van der Waals surface area (Å²) in [5.41, 5.74) is 7.55. The molecular weight excluding hydrogens is 200 g/mol. The number of hydrogen-bond acceptors (Lipinski definition) is 3. The summed E-state index contributed by atoms with van der Waals surface area (Å²) in [4.78, 5) is 0. The van der Waals surface area contributed by atoms with E-state index in [1.54, 1.807) is 4.68 Å². The SMILES string of the molecule is CC(CCN)c1cn(-c2ccccc2)nn1. The Bertz CT molecular complexity index is 435. The van der Waals surface area contributed by atoms with E-state index in [4.69, 9.17) is 5.73 Å². The van der Waals surface area contributed by atoms with Crippen LogP contribution < -0.4 is 5.73 Å². The van der Waals surface area contributed by atoms with Crippen LogP contribution in [-0.4, -0.2) is 21.5 Å². The Morgan fingerprint density at radius 1 is 1.31 bits per heavy atom. The molecule has 0 saturated carbocycles. The molecule has 0 amide bonds. The molecule has 1 atom stereocenters. The molecule has 1 aromatic heterocycles. The molecule has 2 aromatic rings. The van der Waals surface area contributed by atoms with E-state index in [2.05, 4.69) is 17.2 Å². The summed E-state index contributed by atoms with van der Waals surface area (Å²) >= 11 is 0. The van der Waals surface area contributed by atoms with Crippen LogP contribution >= 0.6 is 0 Å². The van der Waals surface area contributed by atoms with Crippen molar-refractivity contribution in [1.82, 2.24) is 15.0 Å². The van der Waals surface area contributed by atoms with Crippen LogP contribution in [-0.2, 0) is 0 Å². The summed E-state index contributed by atoms with van der Waals surface area (Å²) in [5, 5.41) is 8.28. The van der Waals surface area contributed by atoms with Crippen molar-refractivity contribution in [3.05, 3.63) is 42.2 Å². The van der Waals surface area contributed by atoms with Gasteiger partial charge in [0.2, 0.25) is 0 Å². The van der Waals surface area contributed by atoms with Crippen LogP contribution in [0.5, 0.6) is 0 Å². The van der Waals surface area contributed by atoms with Crippen molar-refractivity contribution in [2.24, 2.45) is 5.73 Å². The third-order valence-corrected chi connectivity index (χ3v) is 2.64. The van der Waals surface area contributed by atoms with Crippen LogP contribution in [0.3, 0.4) is 0 Å². The van der Waals surface area contributed by atoms with Gasteiger partial charge < -0.3 is 5.73 Å². The Balaban J connectivity index is 2.20. The molecule has 1 heterocycles. The van der Waals surface area contributed by atoms with Gasteiger partial charge in [-0.25, -0.2) is 4.68 Å². The summed E-state index contributed by atoms with van der Waals surface area (Å²) in [6, 6.07) is 9.97. The minimum Gasteiger partial charge on any atom is -0.330 e. The van der Waals surface area contributed by atoms with Gasteiger partial charge in [0.15, 0.2) is 0 Å². The van der Waals surface area contributed by atoms with Gasteiger partial charge in [0.05, 0.1) is 17.6 Å². The first kappa shape index (κ1) is 10.8. The highest BCUT2D eigenvalue weighted by atomic mass is 15.4. The zero-order valence-electron chi connectivity index (χ0n) is 9.37. The standard InChI is InChI=1S/C12H16N4/c1-10(7-8-13)12-9-16(15-14-12)11-5-3-2-4-6-11/h2-6,9-10H,7-8,13H2,1H3. The van der Waals surface area contributed by atoms with Crippen molar-refractivity contribution in [1.29, 1.82) is 0 Å². The fourth-order valence-electron chi connectivity index (χ4n) is 1.61. The highest BCUT2D eigenvalue weighted by molar-refractivity contribution is 5.30. The molecule has 4 nitrogen and oxygen atoms in total. The van der Waals surface area contributed by atoms with E-state index in [0.717, 1.165) is 17.8 Å². The van der Waals surface area contributed by atoms with Gasteiger partial charge in [0.1, 0.15) is 0 Å². The van der Waals surface area contributed by atoms with E-state index in [0.29, 0.717) is 12.5 Å². The fourth-order valence-corrected chi connectivity index (χ4v) is 1.61. The van der Waals surface area contributed by atoms with Gasteiger partial charge in [-0.05, 0) is 25.1 Å². The molecular formula is C12H16N4. The molecule has 0 aliphatic heterocycles. The predicted molar refractivity (Wildman–Crippen MR) is 63.4 cm³/mol. The Morgan fingerprint density at radius 2 is 2.06 bits per heavy atom. The van der Waals surface area contributed by atoms with Crippen LogP contribution in [0.1, 0.15) is 25.0 Å². The summed E-state index contributed by atoms with van der Waals surface area (Å²) in [5.74, 6) is 0.363. The van der Waals surface area contributed by atoms with E-state index >= 15 is 0 Å². The summed E-state index contributed by atoms with van der Waals surface area (Å²) < 4.78 is 1.79. The van der Waals surface area contributed by atoms with Gasteiger partial charge in [-0.2, -0.15) is 0 Å². The van der Waals surface area contributed by atoms with Gasteiger partial charge >= 0.3 is 0 Å². The molecule has 0 fully saturated rings. The second-order valence-electron chi connectivity index (χ2n) is 3.90. The molecule has 0 spiro atoms. The van der Waals surface area contributed by atoms with Crippen LogP contribution in [0.15, 0.2) is 36.5 Å². The molecule has 0 aliphatic rings. The smallest absolute Gasteiger partial charge is 0.0860 e. The summed E-state index contributed by atoms with van der Waals surface area (Å²) in [6.07, 6.45) is 2.91. The molecule has 2 N–H and O–H groups in total. The molecule has 0 bridgehead atoms. The maximum absolute atomic E-state index is 5.53. The highest BCUT2D eigenvalue weighted by Crippen LogP contribution is 2.16. The third kappa shape index (κ3) is 2.28. The first-order chi connectivity index (χ1) is 7.81. The van der Waals surface area contributed by atoms with E-state index in [-0.39, 0.29) is 0 Å². The zero-order valence-corrected chi connectivity index (χ0v) is 9.37. The second-order valence-corrected chi connectivity index (χ2v) is 3.90. The number of aromatic nitrogens is 3. The molecule has 0 aliphatic carbocycles. The third-order valence-electron chi connectivity index (χ3n) is 2.64. The largest absolute Gasteiger partial charge is 0.330 e. The maximum atomic E-state index is 5.53. The monoisotopic (exact) mass is 216 g/mol. The zero-order chi connectivity index (χ0) is 11.4. The van der Waals surface area contributed by atoms with Crippen molar-refractivity contribution < 1.29 is 0 Å². The van der Waals surface area contributed by atoms with Crippen LogP contribution in [0, 0.1) is 0 Å². The molecule has 1 aromatic carbocycles. The van der Waals surface area contributed by atoms with Gasteiger partial charge in [-0.15, -0.1) is 5.10 Å². The molecule has 0 saturated heterocycles. The molecule has 2 rings (SSSR count). The fraction of sp³-hybridized carbons (Fsp3) is 0.333. The van der Waals surface area contributed by atoms with E-state index in [1.807, 2.05) is 36.5 Å². The molecule has 16 heavy (non-hydrogen) atoms. The highest BCUT2D eigenvalue weighted by Gasteiger charge is 2.09. The van der Waals surface area contributed by atoms with Crippen molar-refractivity contribution in [3.63, 3.8) is 0 Å². The number of nitrogens with zero attached hydrogens (tertiary/aromatic N) is 3. The normalized spacial score (nSPS) is 12.6. The van der Waals surface area contributed by atoms with Crippen LogP contribution in [0.4, 0.5) is 0 Å². The molecule has 84 valence electrons. The number of para-hydroxylation sites is 1. The number of rotatable bonds is 4. The first-order valence-corrected chi connectivity index (χ1v) is 5.49. The number of nitrogens with two attached hydrogens (primary N) is 1. The van der Waals surface area contributed by atoms with Gasteiger partial charge in [-0.1, -0.05) is 30.3 Å². The molecule has 4 heteroatoms. The van der Waals surface area contributed by atoms with Gasteiger partial charge in [0, 0.05) is 5.92 Å². The number of hydrogen-bond donors (Lipinski definition) is 1. The average molecular weight is 216 g/mol. The Kier molecular flexibility index (Phi) is 3.31. The van der Waals surface area contributed by atoms with Crippen molar-refractivity contribution in [2.45, 2.75) is 19.3 Å². The molecule has 1 unspecified atom stereocenters. The minimum absolute atomic E-state index is 0.363. The van der Waals surface area contributed by atoms with Crippen LogP contribution in [0.25, 0.3) is 5.69 Å². The first-order valence-electron chi connectivity index (χ1n) is 5.49. The summed E-state index contributed by atoms with van der Waals surface area (Å²) in [7, 11) is 0. The quantitative estimate of drug-likeness (QED) is 0.846. The Morgan fingerprint density at radius 3 is 2.75 bits per heavy atom. The van der Waals surface area contributed by atoms with E-state index < -0.39 is 0 Å². The lowest BCUT2D eigenvalue weighted by Crippen LogP contribution is -2.04. The average Bonchev–Trinajstić information content (AvgIpc) is 2.80. The minimum atomic E-state index is 0.363. The maximum Gasteiger partial charge on any atom is 0.0860 e. The second kappa shape index (κ2) is 4.90.